The van der Waals surface area contributed by atoms with Gasteiger partial charge in [-0.25, -0.2) is 0 Å². The van der Waals surface area contributed by atoms with Crippen LogP contribution >= 0.6 is 34.8 Å². The number of halogens is 3. The first-order valence-electron chi connectivity index (χ1n) is 9.58. The molecule has 0 aliphatic carbocycles. The molecular formula is C23H21Cl3N2O3. The molecule has 31 heavy (non-hydrogen) atoms. The average molecular weight is 480 g/mol. The zero-order valence-electron chi connectivity index (χ0n) is 16.8. The molecule has 0 saturated heterocycles. The Labute approximate surface area is 196 Å². The lowest BCUT2D eigenvalue weighted by molar-refractivity contribution is -0.118. The van der Waals surface area contributed by atoms with Crippen LogP contribution in [0.5, 0.6) is 11.5 Å². The maximum absolute atomic E-state index is 12.2. The van der Waals surface area contributed by atoms with Crippen molar-refractivity contribution in [3.05, 3.63) is 81.3 Å². The number of hydrogen-bond donors (Lipinski definition) is 2. The largest absolute Gasteiger partial charge is 0.490 e. The van der Waals surface area contributed by atoms with E-state index in [1.165, 1.54) is 0 Å². The molecule has 8 heteroatoms. The highest BCUT2D eigenvalue weighted by Gasteiger charge is 2.11. The molecule has 162 valence electrons. The second-order valence-electron chi connectivity index (χ2n) is 6.51. The Hall–Kier alpha value is -2.60. The summed E-state index contributed by atoms with van der Waals surface area (Å²) < 4.78 is 11.4. The average Bonchev–Trinajstić information content (AvgIpc) is 2.76. The smallest absolute Gasteiger partial charge is 0.262 e. The Balaban J connectivity index is 1.62. The second kappa shape index (κ2) is 11.1. The lowest BCUT2D eigenvalue weighted by Crippen LogP contribution is -2.20. The molecule has 0 aromatic heterocycles. The highest BCUT2D eigenvalue weighted by Crippen LogP contribution is 2.30. The van der Waals surface area contributed by atoms with Gasteiger partial charge in [0.25, 0.3) is 5.91 Å². The van der Waals surface area contributed by atoms with Gasteiger partial charge in [0.2, 0.25) is 0 Å². The summed E-state index contributed by atoms with van der Waals surface area (Å²) in [5, 5.41) is 7.46. The van der Waals surface area contributed by atoms with Crippen molar-refractivity contribution < 1.29 is 14.3 Å². The summed E-state index contributed by atoms with van der Waals surface area (Å²) in [5.74, 6) is 0.719. The first-order chi connectivity index (χ1) is 15.0. The molecule has 1 amide bonds. The Morgan fingerprint density at radius 1 is 0.871 bits per heavy atom. The number of carbonyl (C=O) groups excluding carboxylic acids is 1. The second-order valence-corrected chi connectivity index (χ2v) is 7.73. The van der Waals surface area contributed by atoms with Gasteiger partial charge in [0.05, 0.1) is 27.4 Å². The van der Waals surface area contributed by atoms with E-state index in [1.807, 2.05) is 25.1 Å². The van der Waals surface area contributed by atoms with Crippen LogP contribution in [0.4, 0.5) is 11.4 Å². The minimum Gasteiger partial charge on any atom is -0.490 e. The van der Waals surface area contributed by atoms with Crippen molar-refractivity contribution in [3.63, 3.8) is 0 Å². The molecule has 5 nitrogen and oxygen atoms in total. The van der Waals surface area contributed by atoms with Crippen molar-refractivity contribution in [2.75, 3.05) is 23.8 Å². The van der Waals surface area contributed by atoms with Crippen molar-refractivity contribution in [2.45, 2.75) is 13.5 Å². The Morgan fingerprint density at radius 2 is 1.68 bits per heavy atom. The lowest BCUT2D eigenvalue weighted by atomic mass is 10.2. The number of anilines is 2. The fraction of sp³-hybridized carbons (Fsp3) is 0.174. The van der Waals surface area contributed by atoms with Crippen molar-refractivity contribution >= 4 is 52.1 Å². The van der Waals surface area contributed by atoms with E-state index in [0.717, 1.165) is 11.3 Å². The maximum Gasteiger partial charge on any atom is 0.262 e. The summed E-state index contributed by atoms with van der Waals surface area (Å²) in [6, 6.07) is 17.9. The minimum absolute atomic E-state index is 0.174. The van der Waals surface area contributed by atoms with Gasteiger partial charge in [-0.15, -0.1) is 0 Å². The van der Waals surface area contributed by atoms with Crippen LogP contribution in [0.2, 0.25) is 15.1 Å². The van der Waals surface area contributed by atoms with Crippen LogP contribution in [0.3, 0.4) is 0 Å². The number of para-hydroxylation sites is 1. The van der Waals surface area contributed by atoms with Gasteiger partial charge in [0, 0.05) is 12.2 Å². The van der Waals surface area contributed by atoms with Crippen LogP contribution < -0.4 is 20.1 Å². The van der Waals surface area contributed by atoms with E-state index in [4.69, 9.17) is 44.3 Å². The van der Waals surface area contributed by atoms with Crippen molar-refractivity contribution in [1.82, 2.24) is 0 Å². The minimum atomic E-state index is -0.319. The number of carbonyl (C=O) groups is 1. The summed E-state index contributed by atoms with van der Waals surface area (Å²) >= 11 is 18.1. The van der Waals surface area contributed by atoms with Crippen molar-refractivity contribution in [2.24, 2.45) is 0 Å². The molecule has 3 aromatic carbocycles. The summed E-state index contributed by atoms with van der Waals surface area (Å²) in [4.78, 5) is 12.2. The first-order valence-corrected chi connectivity index (χ1v) is 10.7. The number of amides is 1. The number of ether oxygens (including phenoxy) is 2. The third kappa shape index (κ3) is 6.69. The first kappa shape index (κ1) is 23.1. The van der Waals surface area contributed by atoms with E-state index in [0.29, 0.717) is 45.4 Å². The van der Waals surface area contributed by atoms with Crippen LogP contribution in [0, 0.1) is 0 Å². The zero-order valence-corrected chi connectivity index (χ0v) is 19.0. The molecule has 0 bridgehead atoms. The molecule has 0 spiro atoms. The molecule has 0 saturated carbocycles. The highest BCUT2D eigenvalue weighted by molar-refractivity contribution is 6.42. The molecule has 2 N–H and O–H groups in total. The Morgan fingerprint density at radius 3 is 2.42 bits per heavy atom. The van der Waals surface area contributed by atoms with Gasteiger partial charge in [0.1, 0.15) is 0 Å². The van der Waals surface area contributed by atoms with Gasteiger partial charge in [-0.1, -0.05) is 53.0 Å². The van der Waals surface area contributed by atoms with Crippen LogP contribution in [0.25, 0.3) is 0 Å². The van der Waals surface area contributed by atoms with Crippen LogP contribution in [-0.2, 0) is 11.3 Å². The Bertz CT molecular complexity index is 1060. The molecule has 0 heterocycles. The number of nitrogens with one attached hydrogen (secondary N) is 2. The fourth-order valence-electron chi connectivity index (χ4n) is 2.75. The predicted molar refractivity (Wildman–Crippen MR) is 127 cm³/mol. The highest BCUT2D eigenvalue weighted by atomic mass is 35.5. The van der Waals surface area contributed by atoms with E-state index in [2.05, 4.69) is 10.6 Å². The summed E-state index contributed by atoms with van der Waals surface area (Å²) in [5.41, 5.74) is 2.36. The van der Waals surface area contributed by atoms with Gasteiger partial charge in [-0.3, -0.25) is 4.79 Å². The van der Waals surface area contributed by atoms with E-state index in [1.54, 1.807) is 42.5 Å². The molecule has 0 fully saturated rings. The van der Waals surface area contributed by atoms with Gasteiger partial charge in [0.15, 0.2) is 18.1 Å². The van der Waals surface area contributed by atoms with Crippen LogP contribution in [-0.4, -0.2) is 19.1 Å². The molecule has 0 aliphatic rings. The van der Waals surface area contributed by atoms with Crippen LogP contribution in [0.1, 0.15) is 12.5 Å². The number of rotatable bonds is 9. The summed E-state index contributed by atoms with van der Waals surface area (Å²) in [6.45, 7) is 2.72. The van der Waals surface area contributed by atoms with E-state index in [9.17, 15) is 4.79 Å². The van der Waals surface area contributed by atoms with Gasteiger partial charge in [-0.2, -0.15) is 0 Å². The van der Waals surface area contributed by atoms with Gasteiger partial charge >= 0.3 is 0 Å². The normalized spacial score (nSPS) is 10.5. The van der Waals surface area contributed by atoms with Crippen LogP contribution in [0.15, 0.2) is 60.7 Å². The number of benzene rings is 3. The van der Waals surface area contributed by atoms with E-state index in [-0.39, 0.29) is 12.5 Å². The number of hydrogen-bond acceptors (Lipinski definition) is 4. The third-order valence-electron chi connectivity index (χ3n) is 4.23. The molecular weight excluding hydrogens is 459 g/mol. The SMILES string of the molecule is CCOc1cc(CNc2ccc(Cl)c(Cl)c2)ccc1OCC(=O)Nc1ccccc1Cl. The maximum atomic E-state index is 12.2. The molecule has 0 aliphatic heterocycles. The summed E-state index contributed by atoms with van der Waals surface area (Å²) in [6.07, 6.45) is 0. The summed E-state index contributed by atoms with van der Waals surface area (Å²) in [7, 11) is 0. The molecule has 3 rings (SSSR count). The van der Waals surface area contributed by atoms with Crippen molar-refractivity contribution in [1.29, 1.82) is 0 Å². The standard InChI is InChI=1S/C23H21Cl3N2O3/c1-2-30-22-11-15(13-27-16-8-9-17(24)19(26)12-16)7-10-21(22)31-14-23(29)28-20-6-4-3-5-18(20)25/h3-12,27H,2,13-14H2,1H3,(H,28,29). The zero-order chi connectivity index (χ0) is 22.2. The topological polar surface area (TPSA) is 59.6 Å². The third-order valence-corrected chi connectivity index (χ3v) is 5.30. The van der Waals surface area contributed by atoms with E-state index < -0.39 is 0 Å². The Kier molecular flexibility index (Phi) is 8.29. The molecule has 0 unspecified atom stereocenters. The molecule has 0 radical (unpaired) electrons. The molecule has 0 atom stereocenters. The van der Waals surface area contributed by atoms with Gasteiger partial charge < -0.3 is 20.1 Å². The van der Waals surface area contributed by atoms with Crippen molar-refractivity contribution in [3.8, 4) is 11.5 Å². The quantitative estimate of drug-likeness (QED) is 0.359. The predicted octanol–water partition coefficient (Wildman–Crippen LogP) is 6.68. The van der Waals surface area contributed by atoms with Gasteiger partial charge in [-0.05, 0) is 55.0 Å². The fourth-order valence-corrected chi connectivity index (χ4v) is 3.23. The van der Waals surface area contributed by atoms with E-state index >= 15 is 0 Å². The lowest BCUT2D eigenvalue weighted by Gasteiger charge is -2.14. The molecule has 3 aromatic rings. The monoisotopic (exact) mass is 478 g/mol.